The number of hydrogen-bond donors (Lipinski definition) is 0. The van der Waals surface area contributed by atoms with E-state index in [1.807, 2.05) is 12.4 Å². The van der Waals surface area contributed by atoms with E-state index in [9.17, 15) is 0 Å². The molecule has 2 heterocycles. The van der Waals surface area contributed by atoms with Crippen molar-refractivity contribution in [2.75, 3.05) is 6.61 Å². The molecule has 0 spiro atoms. The molecule has 1 aliphatic rings. The predicted molar refractivity (Wildman–Crippen MR) is 42.1 cm³/mol. The van der Waals surface area contributed by atoms with E-state index in [2.05, 4.69) is 11.7 Å². The lowest BCUT2D eigenvalue weighted by atomic mass is 10.2. The summed E-state index contributed by atoms with van der Waals surface area (Å²) in [6.45, 7) is 4.51. The number of aromatic nitrogens is 2. The van der Waals surface area contributed by atoms with Gasteiger partial charge in [0, 0.05) is 18.8 Å². The molecule has 0 amide bonds. The summed E-state index contributed by atoms with van der Waals surface area (Å²) >= 11 is 0. The van der Waals surface area contributed by atoms with E-state index in [1.165, 1.54) is 5.56 Å². The molecule has 11 heavy (non-hydrogen) atoms. The van der Waals surface area contributed by atoms with Crippen molar-refractivity contribution >= 4 is 6.20 Å². The summed E-state index contributed by atoms with van der Waals surface area (Å²) in [6.07, 6.45) is 6.92. The zero-order valence-corrected chi connectivity index (χ0v) is 6.23. The quantitative estimate of drug-likeness (QED) is 0.600. The largest absolute Gasteiger partial charge is 0.373 e. The van der Waals surface area contributed by atoms with Gasteiger partial charge in [0.25, 0.3) is 0 Å². The molecule has 1 saturated heterocycles. The molecule has 0 N–H and O–H groups in total. The van der Waals surface area contributed by atoms with Gasteiger partial charge in [-0.2, -0.15) is 5.10 Å². The fourth-order valence-electron chi connectivity index (χ4n) is 1.03. The van der Waals surface area contributed by atoms with Crippen molar-refractivity contribution in [3.8, 4) is 0 Å². The molecule has 0 radical (unpaired) electrons. The van der Waals surface area contributed by atoms with Crippen LogP contribution in [0.25, 0.3) is 6.20 Å². The number of nitrogens with zero attached hydrogens (tertiary/aromatic N) is 2. The second-order valence-corrected chi connectivity index (χ2v) is 2.67. The highest BCUT2D eigenvalue weighted by atomic mass is 16.6. The highest BCUT2D eigenvalue weighted by Gasteiger charge is 2.22. The van der Waals surface area contributed by atoms with E-state index in [0.717, 1.165) is 13.0 Å². The van der Waals surface area contributed by atoms with Crippen molar-refractivity contribution in [3.05, 3.63) is 24.5 Å². The highest BCUT2D eigenvalue weighted by molar-refractivity contribution is 5.18. The van der Waals surface area contributed by atoms with Crippen LogP contribution >= 0.6 is 0 Å². The lowest BCUT2D eigenvalue weighted by Gasteiger charge is -1.87. The smallest absolute Gasteiger partial charge is 0.0851 e. The summed E-state index contributed by atoms with van der Waals surface area (Å²) < 4.78 is 6.80. The normalized spacial score (nSPS) is 21.6. The molecule has 1 fully saturated rings. The van der Waals surface area contributed by atoms with Crippen molar-refractivity contribution in [2.24, 2.45) is 0 Å². The Labute approximate surface area is 65.3 Å². The average molecular weight is 150 g/mol. The second kappa shape index (κ2) is 2.51. The lowest BCUT2D eigenvalue weighted by Crippen LogP contribution is -1.90. The van der Waals surface area contributed by atoms with E-state index in [-0.39, 0.29) is 0 Å². The molecule has 58 valence electrons. The molecule has 1 aromatic heterocycles. The molecule has 1 aliphatic heterocycles. The third kappa shape index (κ3) is 1.49. The summed E-state index contributed by atoms with van der Waals surface area (Å²) in [4.78, 5) is 0. The Morgan fingerprint density at radius 1 is 1.91 bits per heavy atom. The summed E-state index contributed by atoms with van der Waals surface area (Å²) in [5.74, 6) is 0. The first-order valence-corrected chi connectivity index (χ1v) is 3.65. The zero-order chi connectivity index (χ0) is 7.68. The first kappa shape index (κ1) is 6.61. The summed E-state index contributed by atoms with van der Waals surface area (Å²) in [7, 11) is 0. The molecule has 2 rings (SSSR count). The predicted octanol–water partition coefficient (Wildman–Crippen LogP) is 0.925. The van der Waals surface area contributed by atoms with E-state index in [4.69, 9.17) is 4.74 Å². The van der Waals surface area contributed by atoms with Crippen LogP contribution in [0.4, 0.5) is 0 Å². The topological polar surface area (TPSA) is 30.4 Å². The van der Waals surface area contributed by atoms with Crippen molar-refractivity contribution in [1.29, 1.82) is 0 Å². The maximum Gasteiger partial charge on any atom is 0.0851 e. The van der Waals surface area contributed by atoms with Gasteiger partial charge in [-0.1, -0.05) is 6.58 Å². The highest BCUT2D eigenvalue weighted by Crippen LogP contribution is 2.15. The molecule has 3 heteroatoms. The lowest BCUT2D eigenvalue weighted by molar-refractivity contribution is 0.407. The molecule has 0 aliphatic carbocycles. The van der Waals surface area contributed by atoms with Crippen molar-refractivity contribution in [3.63, 3.8) is 0 Å². The van der Waals surface area contributed by atoms with Crippen LogP contribution in [0.3, 0.4) is 0 Å². The first-order valence-electron chi connectivity index (χ1n) is 3.65. The number of epoxide rings is 1. The van der Waals surface area contributed by atoms with E-state index >= 15 is 0 Å². The molecule has 1 unspecified atom stereocenters. The minimum atomic E-state index is 0.442. The maximum absolute atomic E-state index is 5.09. The Balaban J connectivity index is 2.05. The van der Waals surface area contributed by atoms with Crippen LogP contribution < -0.4 is 0 Å². The van der Waals surface area contributed by atoms with E-state index in [1.54, 1.807) is 10.9 Å². The standard InChI is InChI=1S/C8H10N2O/c1-2-10-5-7(4-9-10)3-8-6-11-8/h2,4-5,8H,1,3,6H2. The van der Waals surface area contributed by atoms with Crippen LogP contribution in [0, 0.1) is 0 Å². The Kier molecular flexibility index (Phi) is 1.51. The van der Waals surface area contributed by atoms with Gasteiger partial charge in [-0.3, -0.25) is 0 Å². The minimum absolute atomic E-state index is 0.442. The van der Waals surface area contributed by atoms with Crippen molar-refractivity contribution in [2.45, 2.75) is 12.5 Å². The number of hydrogen-bond acceptors (Lipinski definition) is 2. The van der Waals surface area contributed by atoms with Gasteiger partial charge >= 0.3 is 0 Å². The number of ether oxygens (including phenoxy) is 1. The van der Waals surface area contributed by atoms with Crippen molar-refractivity contribution in [1.82, 2.24) is 9.78 Å². The first-order chi connectivity index (χ1) is 5.38. The molecule has 0 saturated carbocycles. The Bertz CT molecular complexity index is 263. The van der Waals surface area contributed by atoms with Gasteiger partial charge in [0.05, 0.1) is 18.9 Å². The summed E-state index contributed by atoms with van der Waals surface area (Å²) in [6, 6.07) is 0. The zero-order valence-electron chi connectivity index (χ0n) is 6.23. The van der Waals surface area contributed by atoms with E-state index < -0.39 is 0 Å². The van der Waals surface area contributed by atoms with Gasteiger partial charge in [-0.25, -0.2) is 4.68 Å². The van der Waals surface area contributed by atoms with Gasteiger partial charge in [0.15, 0.2) is 0 Å². The molecular weight excluding hydrogens is 140 g/mol. The Morgan fingerprint density at radius 2 is 2.73 bits per heavy atom. The molecule has 0 bridgehead atoms. The van der Waals surface area contributed by atoms with Gasteiger partial charge in [-0.05, 0) is 5.56 Å². The van der Waals surface area contributed by atoms with Gasteiger partial charge < -0.3 is 4.74 Å². The third-order valence-electron chi connectivity index (χ3n) is 1.71. The van der Waals surface area contributed by atoms with Crippen LogP contribution in [0.15, 0.2) is 19.0 Å². The van der Waals surface area contributed by atoms with Gasteiger partial charge in [-0.15, -0.1) is 0 Å². The Morgan fingerprint density at radius 3 is 3.27 bits per heavy atom. The maximum atomic E-state index is 5.09. The fourth-order valence-corrected chi connectivity index (χ4v) is 1.03. The minimum Gasteiger partial charge on any atom is -0.373 e. The van der Waals surface area contributed by atoms with Crippen LogP contribution in [-0.4, -0.2) is 22.5 Å². The van der Waals surface area contributed by atoms with Crippen molar-refractivity contribution < 1.29 is 4.74 Å². The van der Waals surface area contributed by atoms with Crippen LogP contribution in [0.5, 0.6) is 0 Å². The van der Waals surface area contributed by atoms with Crippen LogP contribution in [0.2, 0.25) is 0 Å². The molecular formula is C8H10N2O. The molecule has 1 aromatic rings. The van der Waals surface area contributed by atoms with E-state index in [0.29, 0.717) is 6.10 Å². The summed E-state index contributed by atoms with van der Waals surface area (Å²) in [5, 5.41) is 4.06. The molecule has 3 nitrogen and oxygen atoms in total. The number of rotatable bonds is 3. The SMILES string of the molecule is C=Cn1cc(CC2CO2)cn1. The Hall–Kier alpha value is -1.09. The second-order valence-electron chi connectivity index (χ2n) is 2.67. The molecule has 1 atom stereocenters. The van der Waals surface area contributed by atoms with Gasteiger partial charge in [0.2, 0.25) is 0 Å². The van der Waals surface area contributed by atoms with Gasteiger partial charge in [0.1, 0.15) is 0 Å². The summed E-state index contributed by atoms with van der Waals surface area (Å²) in [5.41, 5.74) is 1.22. The fraction of sp³-hybridized carbons (Fsp3) is 0.375. The van der Waals surface area contributed by atoms with Crippen LogP contribution in [-0.2, 0) is 11.2 Å². The molecule has 0 aromatic carbocycles. The van der Waals surface area contributed by atoms with Crippen LogP contribution in [0.1, 0.15) is 5.56 Å². The third-order valence-corrected chi connectivity index (χ3v) is 1.71. The average Bonchev–Trinajstić information content (AvgIpc) is 2.68. The monoisotopic (exact) mass is 150 g/mol.